The van der Waals surface area contributed by atoms with Gasteiger partial charge in [0.15, 0.2) is 0 Å². The Hall–Kier alpha value is -2.82. The number of rotatable bonds is 10. The zero-order valence-electron chi connectivity index (χ0n) is 17.0. The first kappa shape index (κ1) is 21.5. The highest BCUT2D eigenvalue weighted by molar-refractivity contribution is 6.04. The number of carbonyl (C=O) groups excluding carboxylic acids is 2. The van der Waals surface area contributed by atoms with Crippen LogP contribution < -0.4 is 15.4 Å². The molecule has 0 radical (unpaired) electrons. The van der Waals surface area contributed by atoms with E-state index in [1.54, 1.807) is 21.0 Å². The molecule has 2 rings (SSSR count). The van der Waals surface area contributed by atoms with Crippen LogP contribution in [0.25, 0.3) is 0 Å². The largest absolute Gasteiger partial charge is 0.497 e. The number of ether oxygens (including phenoxy) is 1. The predicted octanol–water partition coefficient (Wildman–Crippen LogP) is 3.13. The fraction of sp³-hybridized carbons (Fsp3) is 0.391. The lowest BCUT2D eigenvalue weighted by Gasteiger charge is -2.22. The lowest BCUT2D eigenvalue weighted by Crippen LogP contribution is -2.48. The van der Waals surface area contributed by atoms with Gasteiger partial charge >= 0.3 is 0 Å². The van der Waals surface area contributed by atoms with Crippen LogP contribution in [-0.2, 0) is 22.4 Å². The molecule has 2 aromatic carbocycles. The molecule has 0 aliphatic rings. The summed E-state index contributed by atoms with van der Waals surface area (Å²) in [7, 11) is 1.63. The van der Waals surface area contributed by atoms with Crippen molar-refractivity contribution in [2.24, 2.45) is 5.41 Å². The Morgan fingerprint density at radius 3 is 2.00 bits per heavy atom. The first-order valence-electron chi connectivity index (χ1n) is 9.67. The third-order valence-corrected chi connectivity index (χ3v) is 4.76. The van der Waals surface area contributed by atoms with E-state index in [2.05, 4.69) is 22.8 Å². The molecular formula is C23H30N2O3. The molecule has 150 valence electrons. The second kappa shape index (κ2) is 10.5. The summed E-state index contributed by atoms with van der Waals surface area (Å²) in [5.41, 5.74) is 1.24. The number of hydrogen-bond donors (Lipinski definition) is 2. The molecule has 0 heterocycles. The lowest BCUT2D eigenvalue weighted by atomic mass is 9.91. The minimum atomic E-state index is -1.10. The van der Waals surface area contributed by atoms with Gasteiger partial charge in [0.1, 0.15) is 11.2 Å². The molecule has 0 saturated heterocycles. The second-order valence-electron chi connectivity index (χ2n) is 7.32. The first-order valence-corrected chi connectivity index (χ1v) is 9.67. The predicted molar refractivity (Wildman–Crippen MR) is 111 cm³/mol. The van der Waals surface area contributed by atoms with Gasteiger partial charge in [0, 0.05) is 13.1 Å². The molecule has 2 N–H and O–H groups in total. The van der Waals surface area contributed by atoms with E-state index in [9.17, 15) is 9.59 Å². The van der Waals surface area contributed by atoms with Gasteiger partial charge in [-0.3, -0.25) is 9.59 Å². The Morgan fingerprint density at radius 1 is 0.821 bits per heavy atom. The van der Waals surface area contributed by atoms with Crippen molar-refractivity contribution < 1.29 is 14.3 Å². The van der Waals surface area contributed by atoms with Crippen LogP contribution in [0, 0.1) is 5.41 Å². The molecule has 0 saturated carbocycles. The van der Waals surface area contributed by atoms with Crippen LogP contribution in [0.4, 0.5) is 0 Å². The molecule has 0 atom stereocenters. The van der Waals surface area contributed by atoms with Gasteiger partial charge in [0.25, 0.3) is 0 Å². The Kier molecular flexibility index (Phi) is 8.05. The summed E-state index contributed by atoms with van der Waals surface area (Å²) in [5, 5.41) is 5.75. The zero-order chi connectivity index (χ0) is 20.4. The molecule has 0 bridgehead atoms. The van der Waals surface area contributed by atoms with Crippen LogP contribution >= 0.6 is 0 Å². The van der Waals surface area contributed by atoms with E-state index in [0.29, 0.717) is 19.5 Å². The topological polar surface area (TPSA) is 67.4 Å². The fourth-order valence-corrected chi connectivity index (χ4v) is 2.80. The van der Waals surface area contributed by atoms with Crippen molar-refractivity contribution in [3.05, 3.63) is 65.7 Å². The number of methoxy groups -OCH3 is 1. The Bertz CT molecular complexity index is 755. The number of amides is 2. The second-order valence-corrected chi connectivity index (χ2v) is 7.32. The highest BCUT2D eigenvalue weighted by atomic mass is 16.5. The van der Waals surface area contributed by atoms with E-state index >= 15 is 0 Å². The van der Waals surface area contributed by atoms with Crippen molar-refractivity contribution in [3.63, 3.8) is 0 Å². The summed E-state index contributed by atoms with van der Waals surface area (Å²) in [5.74, 6) is 0.293. The maximum Gasteiger partial charge on any atom is 0.235 e. The van der Waals surface area contributed by atoms with Gasteiger partial charge in [-0.25, -0.2) is 0 Å². The van der Waals surface area contributed by atoms with Crippen LogP contribution in [-0.4, -0.2) is 32.0 Å². The van der Waals surface area contributed by atoms with Crippen LogP contribution in [0.15, 0.2) is 54.6 Å². The SMILES string of the molecule is COc1ccc(CCNC(=O)C(C)(C)C(=O)NCCCc2ccccc2)cc1. The smallest absolute Gasteiger partial charge is 0.235 e. The summed E-state index contributed by atoms with van der Waals surface area (Å²) in [4.78, 5) is 24.9. The Labute approximate surface area is 167 Å². The van der Waals surface area contributed by atoms with Gasteiger partial charge in [-0.15, -0.1) is 0 Å². The fourth-order valence-electron chi connectivity index (χ4n) is 2.80. The molecular weight excluding hydrogens is 352 g/mol. The maximum absolute atomic E-state index is 12.5. The van der Waals surface area contributed by atoms with Gasteiger partial charge in [0.05, 0.1) is 7.11 Å². The molecule has 0 unspecified atom stereocenters. The van der Waals surface area contributed by atoms with Crippen molar-refractivity contribution in [1.82, 2.24) is 10.6 Å². The lowest BCUT2D eigenvalue weighted by molar-refractivity contribution is -0.141. The van der Waals surface area contributed by atoms with Gasteiger partial charge < -0.3 is 15.4 Å². The average molecular weight is 383 g/mol. The van der Waals surface area contributed by atoms with Crippen molar-refractivity contribution in [2.75, 3.05) is 20.2 Å². The monoisotopic (exact) mass is 382 g/mol. The van der Waals surface area contributed by atoms with E-state index in [1.807, 2.05) is 42.5 Å². The van der Waals surface area contributed by atoms with Gasteiger partial charge in [0.2, 0.25) is 11.8 Å². The minimum Gasteiger partial charge on any atom is -0.497 e. The summed E-state index contributed by atoms with van der Waals surface area (Å²) in [6.45, 7) is 4.34. The van der Waals surface area contributed by atoms with Crippen molar-refractivity contribution >= 4 is 11.8 Å². The molecule has 5 nitrogen and oxygen atoms in total. The highest BCUT2D eigenvalue weighted by Gasteiger charge is 2.35. The van der Waals surface area contributed by atoms with Crippen molar-refractivity contribution in [3.8, 4) is 5.75 Å². The normalized spacial score (nSPS) is 11.0. The molecule has 28 heavy (non-hydrogen) atoms. The van der Waals surface area contributed by atoms with Gasteiger partial charge in [-0.05, 0) is 56.4 Å². The highest BCUT2D eigenvalue weighted by Crippen LogP contribution is 2.16. The Balaban J connectivity index is 1.71. The zero-order valence-corrected chi connectivity index (χ0v) is 17.0. The minimum absolute atomic E-state index is 0.248. The number of aryl methyl sites for hydroxylation is 1. The maximum atomic E-state index is 12.5. The van der Waals surface area contributed by atoms with Crippen LogP contribution in [0.3, 0.4) is 0 Å². The molecule has 0 aromatic heterocycles. The van der Waals surface area contributed by atoms with E-state index in [1.165, 1.54) is 5.56 Å². The Morgan fingerprint density at radius 2 is 1.39 bits per heavy atom. The summed E-state index contributed by atoms with van der Waals surface area (Å²) >= 11 is 0. The van der Waals surface area contributed by atoms with E-state index in [-0.39, 0.29) is 11.8 Å². The molecule has 2 amide bonds. The molecule has 5 heteroatoms. The molecule has 0 fully saturated rings. The number of nitrogens with one attached hydrogen (secondary N) is 2. The summed E-state index contributed by atoms with van der Waals surface area (Å²) in [6.07, 6.45) is 2.44. The van der Waals surface area contributed by atoms with E-state index < -0.39 is 5.41 Å². The molecule has 0 spiro atoms. The number of hydrogen-bond acceptors (Lipinski definition) is 3. The average Bonchev–Trinajstić information content (AvgIpc) is 2.72. The third kappa shape index (κ3) is 6.41. The first-order chi connectivity index (χ1) is 13.4. The van der Waals surface area contributed by atoms with Gasteiger partial charge in [-0.2, -0.15) is 0 Å². The van der Waals surface area contributed by atoms with E-state index in [4.69, 9.17) is 4.74 Å². The third-order valence-electron chi connectivity index (χ3n) is 4.76. The van der Waals surface area contributed by atoms with Crippen LogP contribution in [0.5, 0.6) is 5.75 Å². The standard InChI is InChI=1S/C23H30N2O3/c1-23(2,21(26)24-16-7-10-18-8-5-4-6-9-18)22(27)25-17-15-19-11-13-20(28-3)14-12-19/h4-6,8-9,11-14H,7,10,15-17H2,1-3H3,(H,24,26)(H,25,27). The molecule has 0 aliphatic heterocycles. The van der Waals surface area contributed by atoms with Gasteiger partial charge in [-0.1, -0.05) is 42.5 Å². The van der Waals surface area contributed by atoms with Crippen LogP contribution in [0.2, 0.25) is 0 Å². The molecule has 0 aliphatic carbocycles. The quantitative estimate of drug-likeness (QED) is 0.490. The van der Waals surface area contributed by atoms with E-state index in [0.717, 1.165) is 24.2 Å². The summed E-state index contributed by atoms with van der Waals surface area (Å²) < 4.78 is 5.13. The van der Waals surface area contributed by atoms with Crippen molar-refractivity contribution in [1.29, 1.82) is 0 Å². The number of benzene rings is 2. The molecule has 2 aromatic rings. The number of carbonyl (C=O) groups is 2. The van der Waals surface area contributed by atoms with Crippen molar-refractivity contribution in [2.45, 2.75) is 33.1 Å². The van der Waals surface area contributed by atoms with Crippen LogP contribution in [0.1, 0.15) is 31.4 Å². The summed E-state index contributed by atoms with van der Waals surface area (Å²) in [6, 6.07) is 17.9.